The molecular weight excluding hydrogens is 276 g/mol. The normalized spacial score (nSPS) is 18.2. The van der Waals surface area contributed by atoms with Gasteiger partial charge in [-0.25, -0.2) is 8.78 Å². The van der Waals surface area contributed by atoms with Gasteiger partial charge in [-0.05, 0) is 23.6 Å². The summed E-state index contributed by atoms with van der Waals surface area (Å²) in [5, 5.41) is 0. The van der Waals surface area contributed by atoms with Crippen molar-refractivity contribution in [3.8, 4) is 11.5 Å². The molecule has 0 N–H and O–H groups in total. The van der Waals surface area contributed by atoms with Crippen LogP contribution in [0.25, 0.3) is 0 Å². The zero-order valence-corrected chi connectivity index (χ0v) is 13.1. The lowest BCUT2D eigenvalue weighted by Crippen LogP contribution is -2.24. The van der Waals surface area contributed by atoms with E-state index >= 15 is 0 Å². The lowest BCUT2D eigenvalue weighted by atomic mass is 9.98. The van der Waals surface area contributed by atoms with Crippen LogP contribution in [0.15, 0.2) is 12.1 Å². The molecule has 0 spiro atoms. The van der Waals surface area contributed by atoms with Crippen LogP contribution in [-0.2, 0) is 6.54 Å². The van der Waals surface area contributed by atoms with E-state index < -0.39 is 5.92 Å². The summed E-state index contributed by atoms with van der Waals surface area (Å²) in [7, 11) is 3.24. The molecule has 0 unspecified atom stereocenters. The van der Waals surface area contributed by atoms with E-state index in [1.807, 2.05) is 12.1 Å². The fraction of sp³-hybridized carbons (Fsp3) is 0.625. The van der Waals surface area contributed by atoms with Gasteiger partial charge in [-0.1, -0.05) is 13.8 Å². The number of methoxy groups -OCH3 is 2. The van der Waals surface area contributed by atoms with Crippen molar-refractivity contribution in [2.75, 3.05) is 27.3 Å². The van der Waals surface area contributed by atoms with Crippen LogP contribution in [0, 0.1) is 0 Å². The molecule has 0 saturated carbocycles. The number of rotatable bonds is 5. The monoisotopic (exact) mass is 299 g/mol. The topological polar surface area (TPSA) is 21.7 Å². The third kappa shape index (κ3) is 3.64. The number of ether oxygens (including phenoxy) is 2. The van der Waals surface area contributed by atoms with Gasteiger partial charge in [0.1, 0.15) is 11.5 Å². The molecule has 0 amide bonds. The Kier molecular flexibility index (Phi) is 4.71. The fourth-order valence-corrected chi connectivity index (χ4v) is 2.85. The van der Waals surface area contributed by atoms with Crippen molar-refractivity contribution in [2.45, 2.75) is 38.7 Å². The number of nitrogens with zero attached hydrogens (tertiary/aromatic N) is 1. The summed E-state index contributed by atoms with van der Waals surface area (Å²) in [6.07, 6.45) is -0.0641. The third-order valence-electron chi connectivity index (χ3n) is 3.84. The largest absolute Gasteiger partial charge is 0.496 e. The molecule has 21 heavy (non-hydrogen) atoms. The number of hydrogen-bond acceptors (Lipinski definition) is 3. The van der Waals surface area contributed by atoms with Gasteiger partial charge in [0.15, 0.2) is 0 Å². The highest BCUT2D eigenvalue weighted by Gasteiger charge is 2.38. The molecule has 0 aliphatic carbocycles. The van der Waals surface area contributed by atoms with Crippen LogP contribution in [-0.4, -0.2) is 38.1 Å². The zero-order chi connectivity index (χ0) is 15.6. The first-order chi connectivity index (χ1) is 9.86. The quantitative estimate of drug-likeness (QED) is 0.828. The first-order valence-electron chi connectivity index (χ1n) is 7.21. The van der Waals surface area contributed by atoms with Gasteiger partial charge >= 0.3 is 0 Å². The molecule has 0 radical (unpaired) electrons. The van der Waals surface area contributed by atoms with Gasteiger partial charge < -0.3 is 9.47 Å². The molecule has 0 bridgehead atoms. The van der Waals surface area contributed by atoms with Crippen LogP contribution in [0.5, 0.6) is 11.5 Å². The Morgan fingerprint density at radius 3 is 2.14 bits per heavy atom. The molecule has 1 heterocycles. The van der Waals surface area contributed by atoms with E-state index in [4.69, 9.17) is 9.47 Å². The van der Waals surface area contributed by atoms with E-state index in [0.29, 0.717) is 13.1 Å². The summed E-state index contributed by atoms with van der Waals surface area (Å²) in [5.74, 6) is -0.790. The van der Waals surface area contributed by atoms with Gasteiger partial charge in [-0.15, -0.1) is 0 Å². The summed E-state index contributed by atoms with van der Waals surface area (Å²) < 4.78 is 37.4. The second-order valence-electron chi connectivity index (χ2n) is 5.89. The Hall–Kier alpha value is -1.36. The Balaban J connectivity index is 2.25. The van der Waals surface area contributed by atoms with Crippen molar-refractivity contribution < 1.29 is 18.3 Å². The van der Waals surface area contributed by atoms with Crippen molar-refractivity contribution in [1.29, 1.82) is 0 Å². The molecule has 0 aromatic heterocycles. The van der Waals surface area contributed by atoms with Crippen molar-refractivity contribution >= 4 is 0 Å². The summed E-state index contributed by atoms with van der Waals surface area (Å²) in [6, 6.07) is 3.85. The number of halogens is 2. The maximum absolute atomic E-state index is 13.3. The molecule has 5 heteroatoms. The van der Waals surface area contributed by atoms with E-state index in [-0.39, 0.29) is 18.9 Å². The number of benzene rings is 1. The molecule has 118 valence electrons. The third-order valence-corrected chi connectivity index (χ3v) is 3.84. The van der Waals surface area contributed by atoms with Crippen LogP contribution in [0.3, 0.4) is 0 Å². The maximum atomic E-state index is 13.3. The molecule has 2 rings (SSSR count). The van der Waals surface area contributed by atoms with E-state index in [9.17, 15) is 8.78 Å². The van der Waals surface area contributed by atoms with Crippen LogP contribution in [0.4, 0.5) is 8.78 Å². The van der Waals surface area contributed by atoms with E-state index in [2.05, 4.69) is 13.8 Å². The first-order valence-corrected chi connectivity index (χ1v) is 7.21. The standard InChI is InChI=1S/C16H23F2NO2/c1-11(2)15-13(20-3)7-12(8-14(15)21-4)9-19-6-5-16(17,18)10-19/h7-8,11H,5-6,9-10H2,1-4H3. The lowest BCUT2D eigenvalue weighted by Gasteiger charge is -2.20. The Morgan fingerprint density at radius 2 is 1.76 bits per heavy atom. The lowest BCUT2D eigenvalue weighted by molar-refractivity contribution is 0.0115. The second-order valence-corrected chi connectivity index (χ2v) is 5.89. The van der Waals surface area contributed by atoms with Gasteiger partial charge in [0, 0.05) is 25.1 Å². The summed E-state index contributed by atoms with van der Waals surface area (Å²) in [4.78, 5) is 1.77. The van der Waals surface area contributed by atoms with Gasteiger partial charge in [-0.2, -0.15) is 0 Å². The van der Waals surface area contributed by atoms with Crippen molar-refractivity contribution in [3.63, 3.8) is 0 Å². The van der Waals surface area contributed by atoms with Gasteiger partial charge in [0.05, 0.1) is 20.8 Å². The smallest absolute Gasteiger partial charge is 0.261 e. The van der Waals surface area contributed by atoms with Crippen molar-refractivity contribution in [3.05, 3.63) is 23.3 Å². The molecule has 1 aliphatic rings. The van der Waals surface area contributed by atoms with Gasteiger partial charge in [-0.3, -0.25) is 4.90 Å². The molecule has 1 aromatic carbocycles. The minimum absolute atomic E-state index is 0.0641. The molecule has 1 saturated heterocycles. The van der Waals surface area contributed by atoms with Crippen LogP contribution in [0.1, 0.15) is 37.3 Å². The molecular formula is C16H23F2NO2. The first kappa shape index (κ1) is 16.0. The molecule has 1 aromatic rings. The minimum Gasteiger partial charge on any atom is -0.496 e. The van der Waals surface area contributed by atoms with Crippen molar-refractivity contribution in [1.82, 2.24) is 4.90 Å². The number of likely N-dealkylation sites (tertiary alicyclic amines) is 1. The highest BCUT2D eigenvalue weighted by molar-refractivity contribution is 5.49. The highest BCUT2D eigenvalue weighted by Crippen LogP contribution is 2.37. The minimum atomic E-state index is -2.56. The van der Waals surface area contributed by atoms with Crippen LogP contribution < -0.4 is 9.47 Å². The zero-order valence-electron chi connectivity index (χ0n) is 13.1. The SMILES string of the molecule is COc1cc(CN2CCC(F)(F)C2)cc(OC)c1C(C)C. The van der Waals surface area contributed by atoms with Crippen molar-refractivity contribution in [2.24, 2.45) is 0 Å². The molecule has 0 atom stereocenters. The highest BCUT2D eigenvalue weighted by atomic mass is 19.3. The molecule has 3 nitrogen and oxygen atoms in total. The van der Waals surface area contributed by atoms with E-state index in [1.54, 1.807) is 19.1 Å². The van der Waals surface area contributed by atoms with E-state index in [1.165, 1.54) is 0 Å². The summed E-state index contributed by atoms with van der Waals surface area (Å²) >= 11 is 0. The Bertz CT molecular complexity index is 478. The summed E-state index contributed by atoms with van der Waals surface area (Å²) in [5.41, 5.74) is 1.95. The van der Waals surface area contributed by atoms with E-state index in [0.717, 1.165) is 22.6 Å². The predicted octanol–water partition coefficient (Wildman–Crippen LogP) is 3.67. The van der Waals surface area contributed by atoms with Crippen LogP contribution >= 0.6 is 0 Å². The Labute approximate surface area is 124 Å². The predicted molar refractivity (Wildman–Crippen MR) is 78.5 cm³/mol. The average Bonchev–Trinajstić information content (AvgIpc) is 2.76. The number of alkyl halides is 2. The fourth-order valence-electron chi connectivity index (χ4n) is 2.85. The van der Waals surface area contributed by atoms with Gasteiger partial charge in [0.2, 0.25) is 0 Å². The molecule has 1 fully saturated rings. The van der Waals surface area contributed by atoms with Crippen LogP contribution in [0.2, 0.25) is 0 Å². The Morgan fingerprint density at radius 1 is 1.19 bits per heavy atom. The van der Waals surface area contributed by atoms with Gasteiger partial charge in [0.25, 0.3) is 5.92 Å². The maximum Gasteiger partial charge on any atom is 0.261 e. The number of hydrogen-bond donors (Lipinski definition) is 0. The summed E-state index contributed by atoms with van der Waals surface area (Å²) in [6.45, 7) is 4.87. The second kappa shape index (κ2) is 6.18. The average molecular weight is 299 g/mol. The molecule has 1 aliphatic heterocycles.